The molecule has 6 nitrogen and oxygen atoms in total. The van der Waals surface area contributed by atoms with Crippen LogP contribution >= 0.6 is 11.3 Å². The lowest BCUT2D eigenvalue weighted by Crippen LogP contribution is -2.44. The van der Waals surface area contributed by atoms with E-state index in [0.29, 0.717) is 32.0 Å². The van der Waals surface area contributed by atoms with Gasteiger partial charge in [0.2, 0.25) is 0 Å². The first-order chi connectivity index (χ1) is 11.3. The number of anilines is 1. The summed E-state index contributed by atoms with van der Waals surface area (Å²) in [5, 5.41) is 9.22. The minimum atomic E-state index is -4.15. The number of halogens is 3. The summed E-state index contributed by atoms with van der Waals surface area (Å²) in [6.45, 7) is 0.459. The molecule has 1 unspecified atom stereocenters. The summed E-state index contributed by atoms with van der Waals surface area (Å²) in [4.78, 5) is 11.9. The van der Waals surface area contributed by atoms with Crippen molar-refractivity contribution in [2.24, 2.45) is 4.99 Å². The largest absolute Gasteiger partial charge is 0.401 e. The predicted octanol–water partition coefficient (Wildman–Crippen LogP) is 1.51. The van der Waals surface area contributed by atoms with Gasteiger partial charge in [-0.1, -0.05) is 0 Å². The first-order valence-corrected chi connectivity index (χ1v) is 8.53. The summed E-state index contributed by atoms with van der Waals surface area (Å²) in [6.07, 6.45) is -3.48. The summed E-state index contributed by atoms with van der Waals surface area (Å²) in [5.74, 6) is 0.577. The van der Waals surface area contributed by atoms with E-state index in [1.54, 1.807) is 18.4 Å². The predicted molar refractivity (Wildman–Crippen MR) is 90.7 cm³/mol. The van der Waals surface area contributed by atoms with Crippen LogP contribution in [-0.4, -0.2) is 68.8 Å². The smallest absolute Gasteiger partial charge is 0.354 e. The van der Waals surface area contributed by atoms with E-state index in [0.717, 1.165) is 10.8 Å². The maximum absolute atomic E-state index is 12.4. The SMILES string of the molecule is CN=C(NCc1csc(N(C)C)n1)NC1CCN(CC(F)(F)F)C1. The quantitative estimate of drug-likeness (QED) is 0.613. The average Bonchev–Trinajstić information content (AvgIpc) is 3.11. The minimum Gasteiger partial charge on any atom is -0.354 e. The number of aromatic nitrogens is 1. The highest BCUT2D eigenvalue weighted by atomic mass is 32.1. The molecule has 2 rings (SSSR count). The van der Waals surface area contributed by atoms with Crippen LogP contribution in [0.1, 0.15) is 12.1 Å². The number of hydrogen-bond donors (Lipinski definition) is 2. The van der Waals surface area contributed by atoms with E-state index in [9.17, 15) is 13.2 Å². The normalized spacial score (nSPS) is 19.6. The number of hydrogen-bond acceptors (Lipinski definition) is 5. The van der Waals surface area contributed by atoms with Crippen LogP contribution in [0.25, 0.3) is 0 Å². The molecule has 1 atom stereocenters. The fraction of sp³-hybridized carbons (Fsp3) is 0.714. The number of thiazole rings is 1. The minimum absolute atomic E-state index is 0.0358. The molecule has 2 heterocycles. The third-order valence-corrected chi connectivity index (χ3v) is 4.66. The molecule has 1 aliphatic heterocycles. The van der Waals surface area contributed by atoms with Crippen LogP contribution in [0.15, 0.2) is 10.4 Å². The van der Waals surface area contributed by atoms with Crippen LogP contribution in [-0.2, 0) is 6.54 Å². The fourth-order valence-corrected chi connectivity index (χ4v) is 3.25. The lowest BCUT2D eigenvalue weighted by Gasteiger charge is -2.19. The summed E-state index contributed by atoms with van der Waals surface area (Å²) in [5.41, 5.74) is 0.900. The Hall–Kier alpha value is -1.55. The molecule has 24 heavy (non-hydrogen) atoms. The highest BCUT2D eigenvalue weighted by molar-refractivity contribution is 7.13. The maximum Gasteiger partial charge on any atom is 0.401 e. The lowest BCUT2D eigenvalue weighted by molar-refractivity contribution is -0.143. The molecule has 0 spiro atoms. The molecular weight excluding hydrogens is 341 g/mol. The standard InChI is InChI=1S/C14H23F3N6S/c1-18-12(19-6-11-8-24-13(21-11)22(2)3)20-10-4-5-23(7-10)9-14(15,16)17/h8,10H,4-7,9H2,1-3H3,(H2,18,19,20). The molecule has 0 amide bonds. The molecule has 1 aromatic heterocycles. The van der Waals surface area contributed by atoms with Gasteiger partial charge < -0.3 is 15.5 Å². The van der Waals surface area contributed by atoms with Gasteiger partial charge in [-0.3, -0.25) is 9.89 Å². The highest BCUT2D eigenvalue weighted by Crippen LogP contribution is 2.20. The van der Waals surface area contributed by atoms with Crippen molar-refractivity contribution < 1.29 is 13.2 Å². The number of alkyl halides is 3. The number of guanidine groups is 1. The third kappa shape index (κ3) is 5.82. The van der Waals surface area contributed by atoms with Crippen molar-refractivity contribution in [2.75, 3.05) is 45.7 Å². The van der Waals surface area contributed by atoms with E-state index in [2.05, 4.69) is 20.6 Å². The van der Waals surface area contributed by atoms with Gasteiger partial charge in [0.1, 0.15) is 0 Å². The van der Waals surface area contributed by atoms with E-state index in [1.165, 1.54) is 4.90 Å². The van der Waals surface area contributed by atoms with Gasteiger partial charge in [-0.15, -0.1) is 11.3 Å². The zero-order valence-electron chi connectivity index (χ0n) is 14.0. The van der Waals surface area contributed by atoms with Crippen LogP contribution in [0, 0.1) is 0 Å². The van der Waals surface area contributed by atoms with Crippen LogP contribution in [0.3, 0.4) is 0 Å². The van der Waals surface area contributed by atoms with Crippen LogP contribution < -0.4 is 15.5 Å². The molecule has 0 radical (unpaired) electrons. The molecule has 1 fully saturated rings. The molecule has 10 heteroatoms. The van der Waals surface area contributed by atoms with Gasteiger partial charge in [0.05, 0.1) is 18.8 Å². The van der Waals surface area contributed by atoms with E-state index in [-0.39, 0.29) is 6.04 Å². The van der Waals surface area contributed by atoms with Crippen LogP contribution in [0.2, 0.25) is 0 Å². The van der Waals surface area contributed by atoms with Crippen molar-refractivity contribution in [3.05, 3.63) is 11.1 Å². The Morgan fingerprint density at radius 2 is 2.25 bits per heavy atom. The van der Waals surface area contributed by atoms with E-state index >= 15 is 0 Å². The first kappa shape index (κ1) is 18.8. The lowest BCUT2D eigenvalue weighted by atomic mass is 10.3. The third-order valence-electron chi connectivity index (χ3n) is 3.60. The molecule has 1 aliphatic rings. The molecule has 1 saturated heterocycles. The maximum atomic E-state index is 12.4. The fourth-order valence-electron chi connectivity index (χ4n) is 2.49. The van der Waals surface area contributed by atoms with E-state index in [1.807, 2.05) is 24.4 Å². The van der Waals surface area contributed by atoms with E-state index in [4.69, 9.17) is 0 Å². The van der Waals surface area contributed by atoms with Crippen molar-refractivity contribution >= 4 is 22.4 Å². The highest BCUT2D eigenvalue weighted by Gasteiger charge is 2.34. The molecule has 1 aromatic rings. The Morgan fingerprint density at radius 3 is 2.83 bits per heavy atom. The Kier molecular flexibility index (Phi) is 6.27. The van der Waals surface area contributed by atoms with Gasteiger partial charge >= 0.3 is 6.18 Å². The zero-order valence-corrected chi connectivity index (χ0v) is 14.8. The van der Waals surface area contributed by atoms with Gasteiger partial charge in [-0.2, -0.15) is 13.2 Å². The van der Waals surface area contributed by atoms with Crippen molar-refractivity contribution in [1.82, 2.24) is 20.5 Å². The topological polar surface area (TPSA) is 55.8 Å². The second-order valence-corrected chi connectivity index (χ2v) is 6.76. The van der Waals surface area contributed by atoms with Crippen LogP contribution in [0.4, 0.5) is 18.3 Å². The Bertz CT molecular complexity index is 557. The van der Waals surface area contributed by atoms with E-state index < -0.39 is 12.7 Å². The number of likely N-dealkylation sites (tertiary alicyclic amines) is 1. The van der Waals surface area contributed by atoms with Crippen molar-refractivity contribution in [3.8, 4) is 0 Å². The van der Waals surface area contributed by atoms with Gasteiger partial charge in [-0.25, -0.2) is 4.98 Å². The van der Waals surface area contributed by atoms with Crippen molar-refractivity contribution in [2.45, 2.75) is 25.2 Å². The monoisotopic (exact) mass is 364 g/mol. The second kappa shape index (κ2) is 8.02. The molecule has 136 valence electrons. The Balaban J connectivity index is 1.78. The second-order valence-electron chi connectivity index (χ2n) is 5.92. The zero-order chi connectivity index (χ0) is 17.7. The Morgan fingerprint density at radius 1 is 1.50 bits per heavy atom. The van der Waals surface area contributed by atoms with Gasteiger partial charge in [0.25, 0.3) is 0 Å². The number of nitrogens with one attached hydrogen (secondary N) is 2. The molecular formula is C14H23F3N6S. The van der Waals surface area contributed by atoms with Gasteiger partial charge in [0, 0.05) is 45.7 Å². The van der Waals surface area contributed by atoms with Crippen LogP contribution in [0.5, 0.6) is 0 Å². The van der Waals surface area contributed by atoms with Crippen molar-refractivity contribution in [3.63, 3.8) is 0 Å². The Labute approximate surface area is 143 Å². The molecule has 0 bridgehead atoms. The molecule has 0 saturated carbocycles. The molecule has 0 aliphatic carbocycles. The summed E-state index contributed by atoms with van der Waals surface area (Å²) in [6, 6.07) is -0.0358. The first-order valence-electron chi connectivity index (χ1n) is 7.65. The average molecular weight is 364 g/mol. The number of aliphatic imine (C=N–C) groups is 1. The number of nitrogens with zero attached hydrogens (tertiary/aromatic N) is 4. The van der Waals surface area contributed by atoms with Crippen molar-refractivity contribution in [1.29, 1.82) is 0 Å². The summed E-state index contributed by atoms with van der Waals surface area (Å²) in [7, 11) is 5.51. The summed E-state index contributed by atoms with van der Waals surface area (Å²) >= 11 is 1.56. The summed E-state index contributed by atoms with van der Waals surface area (Å²) < 4.78 is 37.3. The van der Waals surface area contributed by atoms with Gasteiger partial charge in [0.15, 0.2) is 11.1 Å². The molecule has 0 aromatic carbocycles. The molecule has 2 N–H and O–H groups in total. The number of rotatable bonds is 5. The van der Waals surface area contributed by atoms with Gasteiger partial charge in [-0.05, 0) is 6.42 Å².